The van der Waals surface area contributed by atoms with Crippen molar-refractivity contribution in [1.29, 1.82) is 0 Å². The number of aromatic nitrogens is 4. The predicted molar refractivity (Wildman–Crippen MR) is 143 cm³/mol. The van der Waals surface area contributed by atoms with Crippen molar-refractivity contribution in [2.24, 2.45) is 0 Å². The molecule has 2 atom stereocenters. The topological polar surface area (TPSA) is 63.8 Å². The largest absolute Gasteiger partial charge is 0.345 e. The highest BCUT2D eigenvalue weighted by molar-refractivity contribution is 6.04. The van der Waals surface area contributed by atoms with Crippen LogP contribution in [0.25, 0.3) is 22.5 Å². The van der Waals surface area contributed by atoms with E-state index in [4.69, 9.17) is 13.0 Å². The number of rotatable bonds is 4. The smallest absolute Gasteiger partial charge is 0.183 e. The number of nitrogens with one attached hydrogen (secondary N) is 2. The van der Waals surface area contributed by atoms with Gasteiger partial charge in [-0.15, -0.1) is 0 Å². The third-order valence-corrected chi connectivity index (χ3v) is 8.43. The molecule has 180 valence electrons. The summed E-state index contributed by atoms with van der Waals surface area (Å²) in [6.07, 6.45) is 10.5. The van der Waals surface area contributed by atoms with Crippen molar-refractivity contribution >= 4 is 7.98 Å². The first-order valence-corrected chi connectivity index (χ1v) is 13.2. The summed E-state index contributed by atoms with van der Waals surface area (Å²) in [5.41, 5.74) is 10.2. The molecule has 0 bridgehead atoms. The molecule has 2 fully saturated rings. The Kier molecular flexibility index (Phi) is 5.36. The van der Waals surface area contributed by atoms with Gasteiger partial charge in [-0.3, -0.25) is 4.90 Å². The summed E-state index contributed by atoms with van der Waals surface area (Å²) in [5, 5.41) is 0. The molecule has 6 nitrogen and oxygen atoms in total. The van der Waals surface area contributed by atoms with Crippen molar-refractivity contribution < 1.29 is 0 Å². The van der Waals surface area contributed by atoms with E-state index in [9.17, 15) is 0 Å². The number of hydrogen-bond acceptors (Lipinski definition) is 4. The quantitative estimate of drug-likeness (QED) is 0.362. The van der Waals surface area contributed by atoms with E-state index in [1.165, 1.54) is 46.2 Å². The Labute approximate surface area is 213 Å². The molecule has 4 heterocycles. The molecule has 2 saturated heterocycles. The van der Waals surface area contributed by atoms with E-state index in [2.05, 4.69) is 63.3 Å². The normalized spacial score (nSPS) is 22.1. The van der Waals surface area contributed by atoms with Gasteiger partial charge in [0.1, 0.15) is 11.6 Å². The highest BCUT2D eigenvalue weighted by Crippen LogP contribution is 2.35. The number of H-pyrrole nitrogens is 2. The molecule has 2 N–H and O–H groups in total. The zero-order chi connectivity index (χ0) is 24.2. The van der Waals surface area contributed by atoms with Gasteiger partial charge in [-0.1, -0.05) is 24.3 Å². The van der Waals surface area contributed by atoms with Crippen molar-refractivity contribution in [2.45, 2.75) is 50.6 Å². The summed E-state index contributed by atoms with van der Waals surface area (Å²) in [4.78, 5) is 20.8. The molecular formula is C29H31BN6. The summed E-state index contributed by atoms with van der Waals surface area (Å²) in [5.74, 6) is 2.07. The van der Waals surface area contributed by atoms with Crippen LogP contribution in [0.1, 0.15) is 71.7 Å². The maximum absolute atomic E-state index is 6.14. The van der Waals surface area contributed by atoms with Crippen LogP contribution in [0.2, 0.25) is 0 Å². The van der Waals surface area contributed by atoms with Crippen LogP contribution in [0.15, 0.2) is 48.8 Å². The molecule has 2 aromatic heterocycles. The molecule has 0 spiro atoms. The average molecular weight is 474 g/mol. The summed E-state index contributed by atoms with van der Waals surface area (Å²) < 4.78 is 0. The number of benzene rings is 2. The fourth-order valence-electron chi connectivity index (χ4n) is 6.32. The predicted octanol–water partition coefficient (Wildman–Crippen LogP) is 4.95. The lowest BCUT2D eigenvalue weighted by Crippen LogP contribution is -2.20. The minimum absolute atomic E-state index is 0.197. The highest BCUT2D eigenvalue weighted by Gasteiger charge is 2.26. The molecule has 36 heavy (non-hydrogen) atoms. The maximum atomic E-state index is 6.14. The van der Waals surface area contributed by atoms with Crippen LogP contribution in [0.5, 0.6) is 0 Å². The molecule has 3 aliphatic rings. The molecule has 0 amide bonds. The van der Waals surface area contributed by atoms with Gasteiger partial charge < -0.3 is 14.8 Å². The number of likely N-dealkylation sites (tertiary alicyclic amines) is 1. The molecular weight excluding hydrogens is 443 g/mol. The van der Waals surface area contributed by atoms with E-state index in [-0.39, 0.29) is 6.04 Å². The Morgan fingerprint density at radius 2 is 1.31 bits per heavy atom. The second-order valence-electron chi connectivity index (χ2n) is 10.7. The van der Waals surface area contributed by atoms with E-state index in [1.807, 2.05) is 17.2 Å². The first-order chi connectivity index (χ1) is 17.6. The van der Waals surface area contributed by atoms with Gasteiger partial charge in [0.05, 0.1) is 35.9 Å². The fraction of sp³-hybridized carbons (Fsp3) is 0.379. The average Bonchev–Trinajstić information content (AvgIpc) is 3.69. The van der Waals surface area contributed by atoms with Gasteiger partial charge in [0, 0.05) is 0 Å². The lowest BCUT2D eigenvalue weighted by atomic mass is 9.84. The van der Waals surface area contributed by atoms with Crippen molar-refractivity contribution in [3.63, 3.8) is 0 Å². The summed E-state index contributed by atoms with van der Waals surface area (Å²) >= 11 is 0. The van der Waals surface area contributed by atoms with Gasteiger partial charge in [-0.05, 0) is 104 Å². The zero-order valence-corrected chi connectivity index (χ0v) is 20.8. The SMILES string of the molecule is [B]N1CCC[C@H]1c1ncc(-c2ccc3c(c2)Cc2ccc(-c4cnc([C@@H]5CCCN5C)[nH]4)cc2C3)[nH]1. The monoisotopic (exact) mass is 474 g/mol. The van der Waals surface area contributed by atoms with Gasteiger partial charge >= 0.3 is 0 Å². The molecule has 4 aromatic rings. The highest BCUT2D eigenvalue weighted by atomic mass is 15.2. The van der Waals surface area contributed by atoms with E-state index in [1.54, 1.807) is 0 Å². The van der Waals surface area contributed by atoms with Crippen molar-refractivity contribution in [1.82, 2.24) is 29.6 Å². The summed E-state index contributed by atoms with van der Waals surface area (Å²) in [6.45, 7) is 2.08. The van der Waals surface area contributed by atoms with Gasteiger partial charge in [0.2, 0.25) is 0 Å². The number of hydrogen-bond donors (Lipinski definition) is 2. The Balaban J connectivity index is 1.12. The lowest BCUT2D eigenvalue weighted by Gasteiger charge is -2.21. The Bertz CT molecular complexity index is 1310. The van der Waals surface area contributed by atoms with Crippen LogP contribution < -0.4 is 0 Å². The van der Waals surface area contributed by atoms with Gasteiger partial charge in [0.25, 0.3) is 0 Å². The molecule has 2 aromatic carbocycles. The Morgan fingerprint density at radius 3 is 1.83 bits per heavy atom. The van der Waals surface area contributed by atoms with Crippen LogP contribution in [0.4, 0.5) is 0 Å². The van der Waals surface area contributed by atoms with E-state index < -0.39 is 0 Å². The fourth-order valence-corrected chi connectivity index (χ4v) is 6.32. The van der Waals surface area contributed by atoms with Crippen LogP contribution in [0, 0.1) is 0 Å². The number of aromatic amines is 2. The second-order valence-corrected chi connectivity index (χ2v) is 10.7. The van der Waals surface area contributed by atoms with Crippen LogP contribution in [0.3, 0.4) is 0 Å². The third-order valence-electron chi connectivity index (χ3n) is 8.43. The van der Waals surface area contributed by atoms with Crippen LogP contribution >= 0.6 is 0 Å². The molecule has 2 radical (unpaired) electrons. The molecule has 7 rings (SSSR count). The minimum atomic E-state index is 0.197. The summed E-state index contributed by atoms with van der Waals surface area (Å²) in [7, 11) is 8.33. The summed E-state index contributed by atoms with van der Waals surface area (Å²) in [6, 6.07) is 14.3. The van der Waals surface area contributed by atoms with Crippen molar-refractivity contribution in [2.75, 3.05) is 20.1 Å². The van der Waals surface area contributed by atoms with E-state index in [0.29, 0.717) is 6.04 Å². The van der Waals surface area contributed by atoms with Gasteiger partial charge in [-0.2, -0.15) is 0 Å². The second kappa shape index (κ2) is 8.75. The van der Waals surface area contributed by atoms with Crippen LogP contribution in [-0.4, -0.2) is 57.8 Å². The van der Waals surface area contributed by atoms with Crippen molar-refractivity contribution in [3.05, 3.63) is 82.7 Å². The standard InChI is InChI=1S/C29H31BN6/c1-35-10-2-4-26(35)28-31-16-24(33-28)20-8-6-18-13-23-15-21(9-7-19(23)12-22(18)14-20)25-17-32-29(34-25)27-5-3-11-36(27)30/h6-9,14-17,26-27H,2-5,10-13H2,1H3,(H,31,33)(H,32,34)/t26-,27-/m0/s1. The number of nitrogens with zero attached hydrogens (tertiary/aromatic N) is 4. The maximum Gasteiger partial charge on any atom is 0.183 e. The molecule has 2 aliphatic heterocycles. The lowest BCUT2D eigenvalue weighted by molar-refractivity contribution is 0.307. The Hall–Kier alpha value is -3.16. The number of imidazole rings is 2. The van der Waals surface area contributed by atoms with Gasteiger partial charge in [0.15, 0.2) is 7.98 Å². The first kappa shape index (κ1) is 22.1. The zero-order valence-electron chi connectivity index (χ0n) is 20.8. The molecule has 0 saturated carbocycles. The van der Waals surface area contributed by atoms with Gasteiger partial charge in [-0.25, -0.2) is 9.97 Å². The third kappa shape index (κ3) is 3.82. The van der Waals surface area contributed by atoms with E-state index >= 15 is 0 Å². The Morgan fingerprint density at radius 1 is 0.750 bits per heavy atom. The molecule has 7 heteroatoms. The van der Waals surface area contributed by atoms with Crippen LogP contribution in [-0.2, 0) is 12.8 Å². The first-order valence-electron chi connectivity index (χ1n) is 13.2. The minimum Gasteiger partial charge on any atom is -0.345 e. The number of fused-ring (bicyclic) bond motifs is 2. The molecule has 1 aliphatic carbocycles. The van der Waals surface area contributed by atoms with E-state index in [0.717, 1.165) is 61.8 Å². The molecule has 0 unspecified atom stereocenters. The van der Waals surface area contributed by atoms with Crippen molar-refractivity contribution in [3.8, 4) is 22.5 Å².